The van der Waals surface area contributed by atoms with Gasteiger partial charge in [0, 0.05) is 12.2 Å². The number of carboxylic acids is 1. The summed E-state index contributed by atoms with van der Waals surface area (Å²) in [6.07, 6.45) is 4.25. The van der Waals surface area contributed by atoms with Gasteiger partial charge in [0.05, 0.1) is 23.7 Å². The fourth-order valence-electron chi connectivity index (χ4n) is 4.90. The molecule has 0 aliphatic carbocycles. The van der Waals surface area contributed by atoms with Crippen LogP contribution in [0.15, 0.2) is 102 Å². The van der Waals surface area contributed by atoms with E-state index in [1.165, 1.54) is 0 Å². The molecular formula is C35H32N4O2S. The highest BCUT2D eigenvalue weighted by Crippen LogP contribution is 2.27. The number of nitrogens with zero attached hydrogens (tertiary/aromatic N) is 4. The second kappa shape index (κ2) is 13.8. The standard InChI is InChI=1S/C35H32N4O2S/c1-2-3-4-13-33-37-35(42-24-26-16-20-28(21-17-26)31-11-7-8-12-32(31)34(40)41)38-39(33)23-25-14-18-27(19-15-25)30-10-6-5-9-29(30)22-36/h5-12,14-21H,2-4,13,23-24H2,1H3,(H,40,41). The average Bonchev–Trinajstić information content (AvgIpc) is 3.41. The summed E-state index contributed by atoms with van der Waals surface area (Å²) >= 11 is 1.60. The van der Waals surface area contributed by atoms with Crippen molar-refractivity contribution in [3.05, 3.63) is 125 Å². The molecule has 5 aromatic rings. The van der Waals surface area contributed by atoms with Gasteiger partial charge >= 0.3 is 5.97 Å². The number of benzene rings is 4. The monoisotopic (exact) mass is 572 g/mol. The Labute approximate surface area is 250 Å². The van der Waals surface area contributed by atoms with Crippen molar-refractivity contribution in [2.75, 3.05) is 0 Å². The van der Waals surface area contributed by atoms with Gasteiger partial charge < -0.3 is 5.11 Å². The van der Waals surface area contributed by atoms with E-state index in [2.05, 4.69) is 37.3 Å². The van der Waals surface area contributed by atoms with Crippen molar-refractivity contribution in [3.8, 4) is 28.3 Å². The summed E-state index contributed by atoms with van der Waals surface area (Å²) in [6, 6.07) is 33.3. The molecule has 7 heteroatoms. The van der Waals surface area contributed by atoms with E-state index in [4.69, 9.17) is 10.1 Å². The van der Waals surface area contributed by atoms with Gasteiger partial charge in [-0.15, -0.1) is 5.10 Å². The smallest absolute Gasteiger partial charge is 0.336 e. The van der Waals surface area contributed by atoms with E-state index >= 15 is 0 Å². The number of hydrogen-bond donors (Lipinski definition) is 1. The molecule has 0 amide bonds. The quantitative estimate of drug-likeness (QED) is 0.120. The summed E-state index contributed by atoms with van der Waals surface area (Å²) in [5.74, 6) is 0.777. The van der Waals surface area contributed by atoms with E-state index < -0.39 is 5.97 Å². The molecule has 42 heavy (non-hydrogen) atoms. The highest BCUT2D eigenvalue weighted by Gasteiger charge is 2.13. The lowest BCUT2D eigenvalue weighted by Gasteiger charge is -2.08. The second-order valence-corrected chi connectivity index (χ2v) is 11.1. The zero-order valence-electron chi connectivity index (χ0n) is 23.5. The predicted octanol–water partition coefficient (Wildman–Crippen LogP) is 8.26. The van der Waals surface area contributed by atoms with E-state index in [0.29, 0.717) is 29.0 Å². The highest BCUT2D eigenvalue weighted by molar-refractivity contribution is 7.98. The van der Waals surface area contributed by atoms with Crippen LogP contribution in [0, 0.1) is 11.3 Å². The minimum absolute atomic E-state index is 0.298. The Kier molecular flexibility index (Phi) is 9.48. The van der Waals surface area contributed by atoms with Gasteiger partial charge in [-0.3, -0.25) is 0 Å². The number of hydrogen-bond acceptors (Lipinski definition) is 5. The van der Waals surface area contributed by atoms with Crippen LogP contribution >= 0.6 is 11.8 Å². The van der Waals surface area contributed by atoms with Gasteiger partial charge in [0.2, 0.25) is 5.16 Å². The molecular weight excluding hydrogens is 540 g/mol. The van der Waals surface area contributed by atoms with E-state index in [1.807, 2.05) is 65.3 Å². The molecule has 0 aliphatic heterocycles. The molecule has 5 rings (SSSR count). The SMILES string of the molecule is CCCCCc1nc(SCc2ccc(-c3ccccc3C(=O)O)cc2)nn1Cc1ccc(-c2ccccc2C#N)cc1. The predicted molar refractivity (Wildman–Crippen MR) is 167 cm³/mol. The molecule has 0 unspecified atom stereocenters. The Balaban J connectivity index is 1.29. The van der Waals surface area contributed by atoms with Gasteiger partial charge in [-0.05, 0) is 51.9 Å². The first-order valence-electron chi connectivity index (χ1n) is 14.1. The van der Waals surface area contributed by atoms with Crippen LogP contribution in [0.25, 0.3) is 22.3 Å². The van der Waals surface area contributed by atoms with Crippen LogP contribution in [0.4, 0.5) is 0 Å². The van der Waals surface area contributed by atoms with E-state index in [1.54, 1.807) is 23.9 Å². The van der Waals surface area contributed by atoms with Crippen molar-refractivity contribution >= 4 is 17.7 Å². The van der Waals surface area contributed by atoms with Gasteiger partial charge in [-0.2, -0.15) is 5.26 Å². The number of aromatic carboxylic acids is 1. The molecule has 0 spiro atoms. The molecule has 0 saturated heterocycles. The van der Waals surface area contributed by atoms with Gasteiger partial charge in [-0.1, -0.05) is 116 Å². The maximum Gasteiger partial charge on any atom is 0.336 e. The molecule has 210 valence electrons. The highest BCUT2D eigenvalue weighted by atomic mass is 32.2. The molecule has 6 nitrogen and oxygen atoms in total. The third-order valence-corrected chi connectivity index (χ3v) is 8.08. The third kappa shape index (κ3) is 6.96. The van der Waals surface area contributed by atoms with Crippen molar-refractivity contribution in [2.45, 2.75) is 50.1 Å². The number of carboxylic acid groups (broad SMARTS) is 1. The Morgan fingerprint density at radius 1 is 0.857 bits per heavy atom. The normalized spacial score (nSPS) is 10.9. The molecule has 1 heterocycles. The number of aryl methyl sites for hydroxylation is 1. The van der Waals surface area contributed by atoms with Crippen LogP contribution in [-0.2, 0) is 18.7 Å². The molecule has 4 aromatic carbocycles. The van der Waals surface area contributed by atoms with Crippen molar-refractivity contribution in [3.63, 3.8) is 0 Å². The van der Waals surface area contributed by atoms with Crippen molar-refractivity contribution in [1.82, 2.24) is 14.8 Å². The fraction of sp³-hybridized carbons (Fsp3) is 0.200. The summed E-state index contributed by atoms with van der Waals surface area (Å²) in [6.45, 7) is 2.83. The first-order valence-corrected chi connectivity index (χ1v) is 15.1. The van der Waals surface area contributed by atoms with Crippen LogP contribution in [0.1, 0.15) is 59.1 Å². The molecule has 0 radical (unpaired) electrons. The zero-order chi connectivity index (χ0) is 29.3. The fourth-order valence-corrected chi connectivity index (χ4v) is 5.72. The lowest BCUT2D eigenvalue weighted by Crippen LogP contribution is -2.07. The Morgan fingerprint density at radius 2 is 1.50 bits per heavy atom. The summed E-state index contributed by atoms with van der Waals surface area (Å²) in [5.41, 5.74) is 6.76. The molecule has 0 fully saturated rings. The average molecular weight is 573 g/mol. The summed E-state index contributed by atoms with van der Waals surface area (Å²) in [4.78, 5) is 16.5. The van der Waals surface area contributed by atoms with Gasteiger partial charge in [0.1, 0.15) is 5.82 Å². The molecule has 1 aromatic heterocycles. The second-order valence-electron chi connectivity index (χ2n) is 10.1. The van der Waals surface area contributed by atoms with Crippen molar-refractivity contribution < 1.29 is 9.90 Å². The van der Waals surface area contributed by atoms with E-state index in [9.17, 15) is 15.2 Å². The van der Waals surface area contributed by atoms with Gasteiger partial charge in [-0.25, -0.2) is 14.5 Å². The topological polar surface area (TPSA) is 91.8 Å². The van der Waals surface area contributed by atoms with Gasteiger partial charge in [0.25, 0.3) is 0 Å². The van der Waals surface area contributed by atoms with Gasteiger partial charge in [0.15, 0.2) is 0 Å². The third-order valence-electron chi connectivity index (χ3n) is 7.17. The number of carbonyl (C=O) groups is 1. The Bertz CT molecular complexity index is 1700. The molecule has 0 aliphatic rings. The lowest BCUT2D eigenvalue weighted by atomic mass is 9.99. The minimum atomic E-state index is -0.929. The lowest BCUT2D eigenvalue weighted by molar-refractivity contribution is 0.0697. The van der Waals surface area contributed by atoms with Crippen molar-refractivity contribution in [2.24, 2.45) is 0 Å². The number of unbranched alkanes of at least 4 members (excludes halogenated alkanes) is 2. The maximum atomic E-state index is 11.6. The number of aromatic nitrogens is 3. The minimum Gasteiger partial charge on any atom is -0.478 e. The Morgan fingerprint density at radius 3 is 2.19 bits per heavy atom. The summed E-state index contributed by atoms with van der Waals surface area (Å²) < 4.78 is 2.02. The zero-order valence-corrected chi connectivity index (χ0v) is 24.3. The number of nitriles is 1. The first-order chi connectivity index (χ1) is 20.6. The van der Waals surface area contributed by atoms with Crippen LogP contribution in [-0.4, -0.2) is 25.8 Å². The van der Waals surface area contributed by atoms with E-state index in [0.717, 1.165) is 64.5 Å². The maximum absolute atomic E-state index is 11.6. The first kappa shape index (κ1) is 28.8. The largest absolute Gasteiger partial charge is 0.478 e. The molecule has 1 N–H and O–H groups in total. The van der Waals surface area contributed by atoms with Crippen LogP contribution < -0.4 is 0 Å². The Hall–Kier alpha value is -4.67. The molecule has 0 bridgehead atoms. The number of thioether (sulfide) groups is 1. The molecule has 0 atom stereocenters. The van der Waals surface area contributed by atoms with E-state index in [-0.39, 0.29) is 0 Å². The van der Waals surface area contributed by atoms with Crippen LogP contribution in [0.2, 0.25) is 0 Å². The van der Waals surface area contributed by atoms with Crippen LogP contribution in [0.3, 0.4) is 0 Å². The van der Waals surface area contributed by atoms with Crippen LogP contribution in [0.5, 0.6) is 0 Å². The van der Waals surface area contributed by atoms with Crippen molar-refractivity contribution in [1.29, 1.82) is 5.26 Å². The summed E-state index contributed by atoms with van der Waals surface area (Å²) in [7, 11) is 0. The summed E-state index contributed by atoms with van der Waals surface area (Å²) in [5, 5.41) is 24.6. The molecule has 0 saturated carbocycles. The number of rotatable bonds is 12.